The maximum atomic E-state index is 6.10. The largest absolute Gasteiger partial charge is 0.486 e. The van der Waals surface area contributed by atoms with Gasteiger partial charge >= 0.3 is 0 Å². The lowest BCUT2D eigenvalue weighted by atomic mass is 10.0. The molecule has 1 heteroatoms. The van der Waals surface area contributed by atoms with Crippen LogP contribution in [0.15, 0.2) is 29.3 Å². The number of hydrogen-bond acceptors (Lipinski definition) is 1. The van der Waals surface area contributed by atoms with E-state index in [1.165, 1.54) is 28.7 Å². The highest BCUT2D eigenvalue weighted by atomic mass is 16.5. The third-order valence-electron chi connectivity index (χ3n) is 3.77. The van der Waals surface area contributed by atoms with Gasteiger partial charge in [0.15, 0.2) is 0 Å². The molecule has 1 aromatic carbocycles. The molecule has 1 aromatic rings. The summed E-state index contributed by atoms with van der Waals surface area (Å²) in [4.78, 5) is 0. The predicted octanol–water partition coefficient (Wildman–Crippen LogP) is 5.21. The monoisotopic (exact) mass is 246 g/mol. The van der Waals surface area contributed by atoms with Gasteiger partial charge in [-0.1, -0.05) is 31.1 Å². The average Bonchev–Trinajstić information content (AvgIpc) is 2.34. The van der Waals surface area contributed by atoms with Gasteiger partial charge in [-0.05, 0) is 63.8 Å². The molecule has 0 amide bonds. The number of benzene rings is 1. The van der Waals surface area contributed by atoms with Crippen LogP contribution in [0.2, 0.25) is 0 Å². The zero-order valence-corrected chi connectivity index (χ0v) is 12.6. The Morgan fingerprint density at radius 1 is 1.22 bits per heavy atom. The lowest BCUT2D eigenvalue weighted by Gasteiger charge is -2.20. The molecule has 1 atom stereocenters. The van der Waals surface area contributed by atoms with Gasteiger partial charge < -0.3 is 4.74 Å². The Bertz CT molecular complexity index is 429. The zero-order valence-electron chi connectivity index (χ0n) is 12.6. The first kappa shape index (κ1) is 14.8. The van der Waals surface area contributed by atoms with E-state index in [1.54, 1.807) is 0 Å². The lowest BCUT2D eigenvalue weighted by Crippen LogP contribution is -2.15. The van der Waals surface area contributed by atoms with Crippen LogP contribution in [-0.2, 0) is 0 Å². The van der Waals surface area contributed by atoms with Crippen molar-refractivity contribution in [2.45, 2.75) is 60.5 Å². The smallest absolute Gasteiger partial charge is 0.123 e. The molecular weight excluding hydrogens is 220 g/mol. The van der Waals surface area contributed by atoms with E-state index in [0.29, 0.717) is 0 Å². The Balaban J connectivity index is 2.84. The molecule has 0 bridgehead atoms. The molecule has 0 saturated carbocycles. The quantitative estimate of drug-likeness (QED) is 0.648. The van der Waals surface area contributed by atoms with Crippen molar-refractivity contribution < 1.29 is 4.74 Å². The van der Waals surface area contributed by atoms with E-state index >= 15 is 0 Å². The van der Waals surface area contributed by atoms with Crippen molar-refractivity contribution in [3.8, 4) is 5.75 Å². The lowest BCUT2D eigenvalue weighted by molar-refractivity contribution is 0.254. The van der Waals surface area contributed by atoms with Crippen LogP contribution in [0.4, 0.5) is 0 Å². The molecule has 0 saturated heterocycles. The predicted molar refractivity (Wildman–Crippen MR) is 79.3 cm³/mol. The molecule has 1 unspecified atom stereocenters. The summed E-state index contributed by atoms with van der Waals surface area (Å²) in [6.07, 6.45) is 2.50. The van der Waals surface area contributed by atoms with Crippen molar-refractivity contribution in [2.24, 2.45) is 0 Å². The van der Waals surface area contributed by atoms with E-state index in [9.17, 15) is 0 Å². The van der Waals surface area contributed by atoms with Gasteiger partial charge in [0.05, 0.1) is 0 Å². The molecule has 0 aliphatic heterocycles. The van der Waals surface area contributed by atoms with Gasteiger partial charge in [-0.2, -0.15) is 0 Å². The van der Waals surface area contributed by atoms with E-state index in [-0.39, 0.29) is 6.10 Å². The zero-order chi connectivity index (χ0) is 13.7. The van der Waals surface area contributed by atoms with Crippen LogP contribution in [0.5, 0.6) is 5.75 Å². The first-order chi connectivity index (χ1) is 8.47. The SMILES string of the molecule is CCC/C(C)=C(/C)C(C)Oc1cccc(C)c1C. The molecule has 0 heterocycles. The second-order valence-electron chi connectivity index (χ2n) is 5.17. The maximum absolute atomic E-state index is 6.10. The van der Waals surface area contributed by atoms with Gasteiger partial charge in [0.1, 0.15) is 11.9 Å². The highest BCUT2D eigenvalue weighted by molar-refractivity contribution is 5.38. The topological polar surface area (TPSA) is 9.23 Å². The second-order valence-corrected chi connectivity index (χ2v) is 5.17. The van der Waals surface area contributed by atoms with Crippen LogP contribution in [-0.4, -0.2) is 6.10 Å². The molecule has 0 aromatic heterocycles. The molecule has 18 heavy (non-hydrogen) atoms. The molecule has 0 aliphatic carbocycles. The van der Waals surface area contributed by atoms with Gasteiger partial charge in [-0.3, -0.25) is 0 Å². The van der Waals surface area contributed by atoms with Crippen LogP contribution in [0.25, 0.3) is 0 Å². The Hall–Kier alpha value is -1.24. The fourth-order valence-electron chi connectivity index (χ4n) is 2.05. The summed E-state index contributed by atoms with van der Waals surface area (Å²) in [5, 5.41) is 0. The van der Waals surface area contributed by atoms with E-state index in [1.807, 2.05) is 0 Å². The van der Waals surface area contributed by atoms with E-state index < -0.39 is 0 Å². The molecule has 1 rings (SSSR count). The summed E-state index contributed by atoms with van der Waals surface area (Å²) in [5.74, 6) is 1.01. The molecule has 0 fully saturated rings. The standard InChI is InChI=1S/C17H26O/c1-7-9-12(2)14(4)16(6)18-17-11-8-10-13(3)15(17)5/h8,10-11,16H,7,9H2,1-6H3/b14-12-. The van der Waals surface area contributed by atoms with E-state index in [4.69, 9.17) is 4.74 Å². The minimum absolute atomic E-state index is 0.150. The molecule has 100 valence electrons. The first-order valence-corrected chi connectivity index (χ1v) is 6.86. The Morgan fingerprint density at radius 3 is 2.50 bits per heavy atom. The maximum Gasteiger partial charge on any atom is 0.123 e. The van der Waals surface area contributed by atoms with Crippen molar-refractivity contribution in [3.63, 3.8) is 0 Å². The summed E-state index contributed by atoms with van der Waals surface area (Å²) in [5.41, 5.74) is 5.34. The molecule has 0 N–H and O–H groups in total. The van der Waals surface area contributed by atoms with Crippen molar-refractivity contribution in [1.82, 2.24) is 0 Å². The van der Waals surface area contributed by atoms with Crippen LogP contribution in [0, 0.1) is 13.8 Å². The normalized spacial score (nSPS) is 14.1. The fourth-order valence-corrected chi connectivity index (χ4v) is 2.05. The van der Waals surface area contributed by atoms with Crippen LogP contribution in [0.1, 0.15) is 51.7 Å². The van der Waals surface area contributed by atoms with Gasteiger partial charge in [0.25, 0.3) is 0 Å². The number of allylic oxidation sites excluding steroid dienone is 1. The number of rotatable bonds is 5. The minimum Gasteiger partial charge on any atom is -0.486 e. The highest BCUT2D eigenvalue weighted by Gasteiger charge is 2.11. The highest BCUT2D eigenvalue weighted by Crippen LogP contribution is 2.24. The van der Waals surface area contributed by atoms with Gasteiger partial charge in [-0.25, -0.2) is 0 Å². The van der Waals surface area contributed by atoms with Crippen LogP contribution < -0.4 is 4.74 Å². The fraction of sp³-hybridized carbons (Fsp3) is 0.529. The molecular formula is C17H26O. The summed E-state index contributed by atoms with van der Waals surface area (Å²) in [6, 6.07) is 6.24. The summed E-state index contributed by atoms with van der Waals surface area (Å²) >= 11 is 0. The number of hydrogen-bond donors (Lipinski definition) is 0. The van der Waals surface area contributed by atoms with Gasteiger partial charge in [-0.15, -0.1) is 0 Å². The molecule has 1 nitrogen and oxygen atoms in total. The van der Waals surface area contributed by atoms with Gasteiger partial charge in [0.2, 0.25) is 0 Å². The van der Waals surface area contributed by atoms with Crippen molar-refractivity contribution >= 4 is 0 Å². The molecule has 0 radical (unpaired) electrons. The molecule has 0 spiro atoms. The number of aryl methyl sites for hydroxylation is 1. The number of ether oxygens (including phenoxy) is 1. The van der Waals surface area contributed by atoms with Crippen molar-refractivity contribution in [2.75, 3.05) is 0 Å². The Labute approximate surface area is 112 Å². The first-order valence-electron chi connectivity index (χ1n) is 6.86. The average molecular weight is 246 g/mol. The Kier molecular flexibility index (Phi) is 5.46. The van der Waals surface area contributed by atoms with Crippen LogP contribution >= 0.6 is 0 Å². The Morgan fingerprint density at radius 2 is 1.89 bits per heavy atom. The second kappa shape index (κ2) is 6.63. The van der Waals surface area contributed by atoms with Gasteiger partial charge in [0, 0.05) is 0 Å². The summed E-state index contributed by atoms with van der Waals surface area (Å²) in [7, 11) is 0. The summed E-state index contributed by atoms with van der Waals surface area (Å²) < 4.78 is 6.10. The third kappa shape index (κ3) is 3.63. The minimum atomic E-state index is 0.150. The van der Waals surface area contributed by atoms with E-state index in [0.717, 1.165) is 12.2 Å². The van der Waals surface area contributed by atoms with Crippen LogP contribution in [0.3, 0.4) is 0 Å². The molecule has 0 aliphatic rings. The van der Waals surface area contributed by atoms with Crippen molar-refractivity contribution in [3.05, 3.63) is 40.5 Å². The van der Waals surface area contributed by atoms with E-state index in [2.05, 4.69) is 59.7 Å². The third-order valence-corrected chi connectivity index (χ3v) is 3.77. The van der Waals surface area contributed by atoms with Crippen molar-refractivity contribution in [1.29, 1.82) is 0 Å². The summed E-state index contributed by atoms with van der Waals surface area (Å²) in [6.45, 7) is 13.0.